The van der Waals surface area contributed by atoms with Crippen LogP contribution in [0, 0.1) is 0 Å². The zero-order valence-electron chi connectivity index (χ0n) is 9.28. The lowest BCUT2D eigenvalue weighted by Crippen LogP contribution is -2.25. The second-order valence-corrected chi connectivity index (χ2v) is 3.67. The average Bonchev–Trinajstić information content (AvgIpc) is 2.18. The van der Waals surface area contributed by atoms with Gasteiger partial charge in [0, 0.05) is 19.4 Å². The average molecular weight is 240 g/mol. The number of carbonyl (C=O) groups excluding carboxylic acids is 1. The lowest BCUT2D eigenvalue weighted by Gasteiger charge is -2.07. The summed E-state index contributed by atoms with van der Waals surface area (Å²) in [6.45, 7) is 0.697. The summed E-state index contributed by atoms with van der Waals surface area (Å²) in [6, 6.07) is 0. The van der Waals surface area contributed by atoms with Gasteiger partial charge in [0.25, 0.3) is 0 Å². The molecule has 0 aliphatic rings. The number of unbranched alkanes of at least 4 members (excludes halogenated alkanes) is 2. The van der Waals surface area contributed by atoms with E-state index in [2.05, 4.69) is 5.32 Å². The molecule has 3 nitrogen and oxygen atoms in total. The van der Waals surface area contributed by atoms with Crippen molar-refractivity contribution in [2.24, 2.45) is 5.73 Å². The number of hydrogen-bond acceptors (Lipinski definition) is 2. The fraction of sp³-hybridized carbons (Fsp3) is 0.900. The normalized spacial score (nSPS) is 11.5. The number of rotatable bonds is 8. The molecule has 0 rings (SSSR count). The third-order valence-electron chi connectivity index (χ3n) is 2.07. The Morgan fingerprint density at radius 1 is 1.12 bits per heavy atom. The summed E-state index contributed by atoms with van der Waals surface area (Å²) in [5.74, 6) is -0.181. The number of halogens is 3. The highest BCUT2D eigenvalue weighted by molar-refractivity contribution is 5.75. The molecular weight excluding hydrogens is 221 g/mol. The minimum Gasteiger partial charge on any atom is -0.356 e. The Kier molecular flexibility index (Phi) is 7.97. The van der Waals surface area contributed by atoms with Crippen molar-refractivity contribution in [1.82, 2.24) is 5.32 Å². The standard InChI is InChI=1S/C10H19F3N2O/c11-10(12,13)6-4-8-15-9(16)5-2-1-3-7-14/h1-8,14H2,(H,15,16). The van der Waals surface area contributed by atoms with Crippen LogP contribution in [-0.4, -0.2) is 25.2 Å². The van der Waals surface area contributed by atoms with Gasteiger partial charge in [-0.2, -0.15) is 13.2 Å². The Morgan fingerprint density at radius 2 is 1.81 bits per heavy atom. The largest absolute Gasteiger partial charge is 0.389 e. The maximum Gasteiger partial charge on any atom is 0.389 e. The van der Waals surface area contributed by atoms with Crippen LogP contribution in [0.5, 0.6) is 0 Å². The van der Waals surface area contributed by atoms with Gasteiger partial charge in [-0.05, 0) is 25.8 Å². The minimum absolute atomic E-state index is 0.0575. The molecule has 0 bridgehead atoms. The van der Waals surface area contributed by atoms with E-state index in [1.807, 2.05) is 0 Å². The number of nitrogens with one attached hydrogen (secondary N) is 1. The number of alkyl halides is 3. The summed E-state index contributed by atoms with van der Waals surface area (Å²) in [7, 11) is 0. The van der Waals surface area contributed by atoms with Crippen molar-refractivity contribution in [2.45, 2.75) is 44.7 Å². The van der Waals surface area contributed by atoms with E-state index in [0.717, 1.165) is 19.3 Å². The van der Waals surface area contributed by atoms with Crippen molar-refractivity contribution < 1.29 is 18.0 Å². The Hall–Kier alpha value is -0.780. The van der Waals surface area contributed by atoms with Crippen LogP contribution in [0.1, 0.15) is 38.5 Å². The molecule has 6 heteroatoms. The molecule has 0 radical (unpaired) electrons. The van der Waals surface area contributed by atoms with Crippen LogP contribution >= 0.6 is 0 Å². The topological polar surface area (TPSA) is 55.1 Å². The molecule has 3 N–H and O–H groups in total. The molecule has 16 heavy (non-hydrogen) atoms. The molecule has 0 aromatic rings. The van der Waals surface area contributed by atoms with Gasteiger partial charge < -0.3 is 11.1 Å². The van der Waals surface area contributed by atoms with Crippen molar-refractivity contribution in [1.29, 1.82) is 0 Å². The Balaban J connectivity index is 3.31. The first-order valence-corrected chi connectivity index (χ1v) is 5.49. The monoisotopic (exact) mass is 240 g/mol. The van der Waals surface area contributed by atoms with Crippen LogP contribution in [-0.2, 0) is 4.79 Å². The smallest absolute Gasteiger partial charge is 0.356 e. The Labute approximate surface area is 93.6 Å². The first-order chi connectivity index (χ1) is 7.45. The molecule has 0 aliphatic carbocycles. The van der Waals surface area contributed by atoms with E-state index in [0.29, 0.717) is 13.0 Å². The number of nitrogens with two attached hydrogens (primary N) is 1. The van der Waals surface area contributed by atoms with E-state index < -0.39 is 12.6 Å². The molecule has 1 amide bonds. The van der Waals surface area contributed by atoms with Gasteiger partial charge >= 0.3 is 6.18 Å². The summed E-state index contributed by atoms with van der Waals surface area (Å²) >= 11 is 0. The van der Waals surface area contributed by atoms with Gasteiger partial charge in [0.15, 0.2) is 0 Å². The predicted octanol–water partition coefficient (Wildman–Crippen LogP) is 1.96. The summed E-state index contributed by atoms with van der Waals surface area (Å²) in [5.41, 5.74) is 5.28. The third kappa shape index (κ3) is 11.3. The van der Waals surface area contributed by atoms with E-state index in [4.69, 9.17) is 5.73 Å². The first-order valence-electron chi connectivity index (χ1n) is 5.49. The van der Waals surface area contributed by atoms with E-state index in [1.54, 1.807) is 0 Å². The van der Waals surface area contributed by atoms with Crippen LogP contribution in [0.2, 0.25) is 0 Å². The molecule has 0 aromatic carbocycles. The van der Waals surface area contributed by atoms with E-state index in [1.165, 1.54) is 0 Å². The third-order valence-corrected chi connectivity index (χ3v) is 2.07. The molecule has 0 fully saturated rings. The lowest BCUT2D eigenvalue weighted by atomic mass is 10.2. The number of hydrogen-bond donors (Lipinski definition) is 2. The maximum atomic E-state index is 11.7. The van der Waals surface area contributed by atoms with Gasteiger partial charge in [0.05, 0.1) is 0 Å². The van der Waals surface area contributed by atoms with Crippen LogP contribution in [0.4, 0.5) is 13.2 Å². The summed E-state index contributed by atoms with van der Waals surface area (Å²) in [5, 5.41) is 2.46. The quantitative estimate of drug-likeness (QED) is 0.637. The Morgan fingerprint density at radius 3 is 2.38 bits per heavy atom. The van der Waals surface area contributed by atoms with E-state index >= 15 is 0 Å². The highest BCUT2D eigenvalue weighted by Gasteiger charge is 2.25. The molecular formula is C10H19F3N2O. The van der Waals surface area contributed by atoms with Crippen molar-refractivity contribution in [2.75, 3.05) is 13.1 Å². The fourth-order valence-corrected chi connectivity index (χ4v) is 1.21. The molecule has 0 atom stereocenters. The van der Waals surface area contributed by atoms with Crippen LogP contribution in [0.3, 0.4) is 0 Å². The zero-order chi connectivity index (χ0) is 12.4. The van der Waals surface area contributed by atoms with Crippen molar-refractivity contribution >= 4 is 5.91 Å². The van der Waals surface area contributed by atoms with Crippen LogP contribution in [0.15, 0.2) is 0 Å². The molecule has 0 spiro atoms. The zero-order valence-corrected chi connectivity index (χ0v) is 9.28. The second kappa shape index (κ2) is 8.38. The molecule has 0 aliphatic heterocycles. The number of amides is 1. The second-order valence-electron chi connectivity index (χ2n) is 3.67. The molecule has 0 unspecified atom stereocenters. The summed E-state index contributed by atoms with van der Waals surface area (Å²) in [4.78, 5) is 11.1. The summed E-state index contributed by atoms with van der Waals surface area (Å²) in [6.07, 6.45) is -2.17. The summed E-state index contributed by atoms with van der Waals surface area (Å²) < 4.78 is 35.2. The SMILES string of the molecule is NCCCCCC(=O)NCCCC(F)(F)F. The lowest BCUT2D eigenvalue weighted by molar-refractivity contribution is -0.136. The molecule has 0 saturated carbocycles. The van der Waals surface area contributed by atoms with Gasteiger partial charge in [0.1, 0.15) is 0 Å². The van der Waals surface area contributed by atoms with Crippen molar-refractivity contribution in [3.8, 4) is 0 Å². The van der Waals surface area contributed by atoms with E-state index in [-0.39, 0.29) is 18.9 Å². The van der Waals surface area contributed by atoms with Gasteiger partial charge in [0.2, 0.25) is 5.91 Å². The van der Waals surface area contributed by atoms with Gasteiger partial charge in [-0.3, -0.25) is 4.79 Å². The molecule has 0 saturated heterocycles. The van der Waals surface area contributed by atoms with Crippen LogP contribution in [0.25, 0.3) is 0 Å². The fourth-order valence-electron chi connectivity index (χ4n) is 1.21. The minimum atomic E-state index is -4.13. The first kappa shape index (κ1) is 15.2. The van der Waals surface area contributed by atoms with E-state index in [9.17, 15) is 18.0 Å². The van der Waals surface area contributed by atoms with Gasteiger partial charge in [-0.1, -0.05) is 6.42 Å². The van der Waals surface area contributed by atoms with Crippen molar-refractivity contribution in [3.05, 3.63) is 0 Å². The van der Waals surface area contributed by atoms with Crippen molar-refractivity contribution in [3.63, 3.8) is 0 Å². The molecule has 0 aromatic heterocycles. The van der Waals surface area contributed by atoms with Crippen LogP contribution < -0.4 is 11.1 Å². The Bertz CT molecular complexity index is 195. The number of carbonyl (C=O) groups is 1. The van der Waals surface area contributed by atoms with Gasteiger partial charge in [-0.15, -0.1) is 0 Å². The predicted molar refractivity (Wildman–Crippen MR) is 55.8 cm³/mol. The van der Waals surface area contributed by atoms with Gasteiger partial charge in [-0.25, -0.2) is 0 Å². The molecule has 0 heterocycles. The highest BCUT2D eigenvalue weighted by Crippen LogP contribution is 2.20. The maximum absolute atomic E-state index is 11.7. The highest BCUT2D eigenvalue weighted by atomic mass is 19.4. The molecule has 96 valence electrons.